The first-order valence-electron chi connectivity index (χ1n) is 6.49. The van der Waals surface area contributed by atoms with E-state index in [9.17, 15) is 4.79 Å². The van der Waals surface area contributed by atoms with E-state index in [2.05, 4.69) is 11.2 Å². The SMILES string of the molecule is Cc1c(-c2ccccc2)[c]ncc1C(=O)N1CCC1. The van der Waals surface area contributed by atoms with Crippen molar-refractivity contribution in [2.24, 2.45) is 0 Å². The van der Waals surface area contributed by atoms with Gasteiger partial charge in [-0.3, -0.25) is 9.78 Å². The molecular formula is C16H15N2O. The van der Waals surface area contributed by atoms with Gasteiger partial charge in [-0.2, -0.15) is 0 Å². The molecule has 1 aromatic carbocycles. The van der Waals surface area contributed by atoms with Crippen LogP contribution in [0.1, 0.15) is 22.3 Å². The number of carbonyl (C=O) groups excluding carboxylic acids is 1. The summed E-state index contributed by atoms with van der Waals surface area (Å²) in [4.78, 5) is 18.3. The van der Waals surface area contributed by atoms with E-state index in [1.54, 1.807) is 6.20 Å². The summed E-state index contributed by atoms with van der Waals surface area (Å²) in [7, 11) is 0. The van der Waals surface area contributed by atoms with Crippen LogP contribution in [0.15, 0.2) is 36.5 Å². The number of carbonyl (C=O) groups is 1. The highest BCUT2D eigenvalue weighted by Crippen LogP contribution is 2.25. The fraction of sp³-hybridized carbons (Fsp3) is 0.250. The molecule has 0 atom stereocenters. The molecule has 0 aliphatic carbocycles. The van der Waals surface area contributed by atoms with Crippen LogP contribution in [0.2, 0.25) is 0 Å². The number of aromatic nitrogens is 1. The van der Waals surface area contributed by atoms with Crippen molar-refractivity contribution in [3.05, 3.63) is 53.9 Å². The smallest absolute Gasteiger partial charge is 0.255 e. The lowest BCUT2D eigenvalue weighted by atomic mass is 9.98. The number of nitrogens with zero attached hydrogens (tertiary/aromatic N) is 2. The highest BCUT2D eigenvalue weighted by Gasteiger charge is 2.24. The van der Waals surface area contributed by atoms with Gasteiger partial charge in [-0.15, -0.1) is 0 Å². The molecule has 1 saturated heterocycles. The van der Waals surface area contributed by atoms with Crippen LogP contribution < -0.4 is 0 Å². The van der Waals surface area contributed by atoms with Crippen molar-refractivity contribution in [2.45, 2.75) is 13.3 Å². The number of hydrogen-bond acceptors (Lipinski definition) is 2. The Labute approximate surface area is 112 Å². The molecule has 3 heteroatoms. The second kappa shape index (κ2) is 4.84. The molecule has 0 N–H and O–H groups in total. The normalized spacial score (nSPS) is 14.1. The van der Waals surface area contributed by atoms with Crippen LogP contribution in [-0.4, -0.2) is 28.9 Å². The van der Waals surface area contributed by atoms with Crippen molar-refractivity contribution in [2.75, 3.05) is 13.1 Å². The predicted octanol–water partition coefficient (Wildman–Crippen LogP) is 2.70. The largest absolute Gasteiger partial charge is 0.338 e. The molecule has 0 spiro atoms. The van der Waals surface area contributed by atoms with Gasteiger partial charge in [0.25, 0.3) is 5.91 Å². The topological polar surface area (TPSA) is 33.2 Å². The van der Waals surface area contributed by atoms with Gasteiger partial charge in [-0.25, -0.2) is 0 Å². The Morgan fingerprint density at radius 1 is 1.26 bits per heavy atom. The highest BCUT2D eigenvalue weighted by atomic mass is 16.2. The van der Waals surface area contributed by atoms with Crippen molar-refractivity contribution in [3.63, 3.8) is 0 Å². The van der Waals surface area contributed by atoms with E-state index >= 15 is 0 Å². The molecule has 0 bridgehead atoms. The third-order valence-electron chi connectivity index (χ3n) is 3.59. The van der Waals surface area contributed by atoms with Crippen LogP contribution in [0.4, 0.5) is 0 Å². The van der Waals surface area contributed by atoms with E-state index in [1.807, 2.05) is 42.2 Å². The minimum absolute atomic E-state index is 0.0856. The first-order valence-corrected chi connectivity index (χ1v) is 6.49. The zero-order chi connectivity index (χ0) is 13.2. The number of pyridine rings is 1. The Kier molecular flexibility index (Phi) is 3.03. The monoisotopic (exact) mass is 251 g/mol. The molecule has 2 heterocycles. The molecule has 1 radical (unpaired) electrons. The maximum Gasteiger partial charge on any atom is 0.255 e. The molecular weight excluding hydrogens is 236 g/mol. The van der Waals surface area contributed by atoms with Gasteiger partial charge < -0.3 is 4.90 Å². The standard InChI is InChI=1S/C16H15N2O/c1-12-14(13-6-3-2-4-7-13)10-17-11-15(12)16(19)18-8-5-9-18/h2-4,6-7,11H,5,8-9H2,1H3. The first kappa shape index (κ1) is 11.9. The molecule has 0 unspecified atom stereocenters. The summed E-state index contributed by atoms with van der Waals surface area (Å²) in [6.45, 7) is 3.68. The van der Waals surface area contributed by atoms with E-state index in [0.29, 0.717) is 5.56 Å². The molecule has 3 nitrogen and oxygen atoms in total. The number of amides is 1. The second-order valence-electron chi connectivity index (χ2n) is 4.80. The summed E-state index contributed by atoms with van der Waals surface area (Å²) in [6, 6.07) is 9.96. The molecule has 95 valence electrons. The summed E-state index contributed by atoms with van der Waals surface area (Å²) < 4.78 is 0. The van der Waals surface area contributed by atoms with Crippen LogP contribution in [0.3, 0.4) is 0 Å². The molecule has 1 aliphatic rings. The average molecular weight is 251 g/mol. The van der Waals surface area contributed by atoms with Crippen LogP contribution in [0.25, 0.3) is 11.1 Å². The zero-order valence-electron chi connectivity index (χ0n) is 10.9. The van der Waals surface area contributed by atoms with Crippen LogP contribution >= 0.6 is 0 Å². The van der Waals surface area contributed by atoms with E-state index in [-0.39, 0.29) is 5.91 Å². The van der Waals surface area contributed by atoms with Gasteiger partial charge in [-0.1, -0.05) is 30.3 Å². The van der Waals surface area contributed by atoms with Gasteiger partial charge >= 0.3 is 0 Å². The number of likely N-dealkylation sites (tertiary alicyclic amines) is 1. The van der Waals surface area contributed by atoms with E-state index < -0.39 is 0 Å². The number of benzene rings is 1. The lowest BCUT2D eigenvalue weighted by Gasteiger charge is -2.31. The molecule has 1 amide bonds. The number of rotatable bonds is 2. The van der Waals surface area contributed by atoms with Gasteiger partial charge in [0.2, 0.25) is 0 Å². The quantitative estimate of drug-likeness (QED) is 0.822. The van der Waals surface area contributed by atoms with Gasteiger partial charge in [0, 0.05) is 24.8 Å². The summed E-state index contributed by atoms with van der Waals surface area (Å²) in [5.41, 5.74) is 3.60. The Bertz CT molecular complexity index is 603. The fourth-order valence-corrected chi connectivity index (χ4v) is 2.27. The molecule has 3 rings (SSSR count). The molecule has 0 saturated carbocycles. The maximum absolute atomic E-state index is 12.3. The van der Waals surface area contributed by atoms with E-state index in [4.69, 9.17) is 0 Å². The van der Waals surface area contributed by atoms with E-state index in [0.717, 1.165) is 36.2 Å². The Hall–Kier alpha value is -2.16. The van der Waals surface area contributed by atoms with Crippen molar-refractivity contribution in [3.8, 4) is 11.1 Å². The minimum Gasteiger partial charge on any atom is -0.338 e. The maximum atomic E-state index is 12.3. The van der Waals surface area contributed by atoms with Crippen molar-refractivity contribution < 1.29 is 4.79 Å². The highest BCUT2D eigenvalue weighted by molar-refractivity contribution is 5.97. The molecule has 1 aromatic heterocycles. The molecule has 1 aliphatic heterocycles. The van der Waals surface area contributed by atoms with Gasteiger partial charge in [0.05, 0.1) is 11.8 Å². The van der Waals surface area contributed by atoms with Crippen LogP contribution in [0, 0.1) is 13.1 Å². The second-order valence-corrected chi connectivity index (χ2v) is 4.80. The van der Waals surface area contributed by atoms with Gasteiger partial charge in [0.1, 0.15) is 0 Å². The van der Waals surface area contributed by atoms with Gasteiger partial charge in [-0.05, 0) is 24.5 Å². The Morgan fingerprint density at radius 2 is 2.00 bits per heavy atom. The van der Waals surface area contributed by atoms with Crippen LogP contribution in [0.5, 0.6) is 0 Å². The fourth-order valence-electron chi connectivity index (χ4n) is 2.27. The summed E-state index contributed by atoms with van der Waals surface area (Å²) in [6.07, 6.45) is 5.73. The first-order chi connectivity index (χ1) is 9.27. The Balaban J connectivity index is 2.01. The average Bonchev–Trinajstić information content (AvgIpc) is 2.38. The summed E-state index contributed by atoms with van der Waals surface area (Å²) >= 11 is 0. The lowest BCUT2D eigenvalue weighted by Crippen LogP contribution is -2.42. The summed E-state index contributed by atoms with van der Waals surface area (Å²) in [5.74, 6) is 0.0856. The Morgan fingerprint density at radius 3 is 2.63 bits per heavy atom. The molecule has 1 fully saturated rings. The van der Waals surface area contributed by atoms with E-state index in [1.165, 1.54) is 0 Å². The third-order valence-corrected chi connectivity index (χ3v) is 3.59. The molecule has 2 aromatic rings. The predicted molar refractivity (Wildman–Crippen MR) is 73.8 cm³/mol. The van der Waals surface area contributed by atoms with Crippen molar-refractivity contribution >= 4 is 5.91 Å². The van der Waals surface area contributed by atoms with Gasteiger partial charge in [0.15, 0.2) is 0 Å². The van der Waals surface area contributed by atoms with Crippen LogP contribution in [-0.2, 0) is 0 Å². The third kappa shape index (κ3) is 2.12. The number of hydrogen-bond donors (Lipinski definition) is 0. The minimum atomic E-state index is 0.0856. The summed E-state index contributed by atoms with van der Waals surface area (Å²) in [5, 5.41) is 0. The molecule has 19 heavy (non-hydrogen) atoms. The van der Waals surface area contributed by atoms with Crippen molar-refractivity contribution in [1.29, 1.82) is 0 Å². The zero-order valence-corrected chi connectivity index (χ0v) is 10.9. The van der Waals surface area contributed by atoms with Crippen molar-refractivity contribution in [1.82, 2.24) is 9.88 Å². The lowest BCUT2D eigenvalue weighted by molar-refractivity contribution is 0.0650.